The van der Waals surface area contributed by atoms with Crippen LogP contribution in [0.3, 0.4) is 0 Å². The van der Waals surface area contributed by atoms with E-state index >= 15 is 0 Å². The zero-order chi connectivity index (χ0) is 15.9. The van der Waals surface area contributed by atoms with Gasteiger partial charge in [-0.1, -0.05) is 23.2 Å². The fourth-order valence-corrected chi connectivity index (χ4v) is 5.83. The Hall–Kier alpha value is -0.930. The molecule has 1 unspecified atom stereocenters. The summed E-state index contributed by atoms with van der Waals surface area (Å²) >= 11 is 12.8. The van der Waals surface area contributed by atoms with E-state index in [1.54, 1.807) is 6.20 Å². The lowest BCUT2D eigenvalue weighted by Gasteiger charge is -2.24. The van der Waals surface area contributed by atoms with Crippen LogP contribution in [0.1, 0.15) is 17.7 Å². The van der Waals surface area contributed by atoms with Crippen molar-refractivity contribution in [3.8, 4) is 0 Å². The lowest BCUT2D eigenvalue weighted by molar-refractivity contribution is 0.502. The summed E-state index contributed by atoms with van der Waals surface area (Å²) in [7, 11) is -3.70. The number of hydrogen-bond acceptors (Lipinski definition) is 6. The van der Waals surface area contributed by atoms with E-state index in [0.717, 1.165) is 22.6 Å². The lowest BCUT2D eigenvalue weighted by Crippen LogP contribution is -2.39. The SMILES string of the molecule is Nc1ncc2c(n1)CCC(NS(=O)(=O)c1cc(Cl)sc1Cl)C2. The van der Waals surface area contributed by atoms with Crippen LogP contribution in [0.15, 0.2) is 17.2 Å². The lowest BCUT2D eigenvalue weighted by atomic mass is 9.94. The van der Waals surface area contributed by atoms with Crippen LogP contribution in [0.5, 0.6) is 0 Å². The van der Waals surface area contributed by atoms with E-state index in [2.05, 4.69) is 14.7 Å². The van der Waals surface area contributed by atoms with Crippen molar-refractivity contribution < 1.29 is 8.42 Å². The van der Waals surface area contributed by atoms with Gasteiger partial charge in [-0.2, -0.15) is 0 Å². The highest BCUT2D eigenvalue weighted by molar-refractivity contribution is 7.89. The highest BCUT2D eigenvalue weighted by Crippen LogP contribution is 2.34. The second-order valence-electron chi connectivity index (χ2n) is 4.95. The first kappa shape index (κ1) is 15.9. The molecule has 1 aliphatic carbocycles. The van der Waals surface area contributed by atoms with E-state index < -0.39 is 10.0 Å². The van der Waals surface area contributed by atoms with Gasteiger partial charge in [0.2, 0.25) is 16.0 Å². The van der Waals surface area contributed by atoms with E-state index in [0.29, 0.717) is 23.6 Å². The van der Waals surface area contributed by atoms with Crippen LogP contribution >= 0.6 is 34.5 Å². The summed E-state index contributed by atoms with van der Waals surface area (Å²) in [5.41, 5.74) is 7.33. The standard InChI is InChI=1S/C12H12Cl2N4O2S2/c13-10-4-9(11(14)21-10)22(19,20)18-7-1-2-8-6(3-7)5-16-12(15)17-8/h4-5,7,18H,1-3H2,(H2,15,16,17). The van der Waals surface area contributed by atoms with E-state index in [1.807, 2.05) is 0 Å². The summed E-state index contributed by atoms with van der Waals surface area (Å²) in [5.74, 6) is 0.234. The Kier molecular flexibility index (Phi) is 4.30. The zero-order valence-corrected chi connectivity index (χ0v) is 14.4. The Morgan fingerprint density at radius 1 is 1.41 bits per heavy atom. The average Bonchev–Trinajstić information content (AvgIpc) is 2.78. The third kappa shape index (κ3) is 3.21. The maximum absolute atomic E-state index is 12.4. The predicted molar refractivity (Wildman–Crippen MR) is 86.9 cm³/mol. The largest absolute Gasteiger partial charge is 0.368 e. The van der Waals surface area contributed by atoms with Crippen LogP contribution in [0.4, 0.5) is 5.95 Å². The molecule has 22 heavy (non-hydrogen) atoms. The number of hydrogen-bond donors (Lipinski definition) is 2. The molecule has 3 N–H and O–H groups in total. The quantitative estimate of drug-likeness (QED) is 0.853. The Bertz CT molecular complexity index is 823. The highest BCUT2D eigenvalue weighted by atomic mass is 35.5. The second-order valence-corrected chi connectivity index (χ2v) is 8.92. The first-order chi connectivity index (χ1) is 10.3. The number of aromatic nitrogens is 2. The summed E-state index contributed by atoms with van der Waals surface area (Å²) in [6.45, 7) is 0. The Morgan fingerprint density at radius 2 is 2.18 bits per heavy atom. The van der Waals surface area contributed by atoms with Crippen molar-refractivity contribution in [2.24, 2.45) is 0 Å². The molecule has 0 radical (unpaired) electrons. The molecule has 0 fully saturated rings. The van der Waals surface area contributed by atoms with Crippen LogP contribution < -0.4 is 10.5 Å². The normalized spacial score (nSPS) is 18.2. The van der Waals surface area contributed by atoms with Gasteiger partial charge in [0.15, 0.2) is 0 Å². The number of nitrogens with zero attached hydrogens (tertiary/aromatic N) is 2. The Labute approximate surface area is 141 Å². The van der Waals surface area contributed by atoms with Gasteiger partial charge in [0, 0.05) is 17.9 Å². The topological polar surface area (TPSA) is 98.0 Å². The molecule has 0 saturated carbocycles. The third-order valence-corrected chi connectivity index (χ3v) is 6.68. The molecule has 3 rings (SSSR count). The first-order valence-electron chi connectivity index (χ1n) is 6.42. The first-order valence-corrected chi connectivity index (χ1v) is 9.48. The van der Waals surface area contributed by atoms with Crippen molar-refractivity contribution in [1.82, 2.24) is 14.7 Å². The number of thiophene rings is 1. The molecular formula is C12H12Cl2N4O2S2. The fourth-order valence-electron chi connectivity index (χ4n) is 2.41. The molecule has 2 heterocycles. The Balaban J connectivity index is 1.80. The van der Waals surface area contributed by atoms with Gasteiger partial charge < -0.3 is 5.73 Å². The van der Waals surface area contributed by atoms with Crippen molar-refractivity contribution in [3.05, 3.63) is 32.2 Å². The van der Waals surface area contributed by atoms with Crippen LogP contribution in [-0.4, -0.2) is 24.4 Å². The number of nitrogens with two attached hydrogens (primary N) is 1. The number of anilines is 1. The summed E-state index contributed by atoms with van der Waals surface area (Å²) < 4.78 is 28.0. The number of nitrogens with one attached hydrogen (secondary N) is 1. The summed E-state index contributed by atoms with van der Waals surface area (Å²) in [6, 6.07) is 1.12. The molecule has 1 aliphatic rings. The van der Waals surface area contributed by atoms with Gasteiger partial charge in [-0.15, -0.1) is 11.3 Å². The molecule has 0 amide bonds. The number of nitrogen functional groups attached to an aromatic ring is 1. The van der Waals surface area contributed by atoms with Crippen molar-refractivity contribution >= 4 is 50.5 Å². The number of rotatable bonds is 3. The van der Waals surface area contributed by atoms with Gasteiger partial charge in [0.1, 0.15) is 9.23 Å². The van der Waals surface area contributed by atoms with E-state index in [-0.39, 0.29) is 21.2 Å². The number of aryl methyl sites for hydroxylation is 1. The van der Waals surface area contributed by atoms with Gasteiger partial charge >= 0.3 is 0 Å². The zero-order valence-electron chi connectivity index (χ0n) is 11.2. The molecular weight excluding hydrogens is 367 g/mol. The van der Waals surface area contributed by atoms with Gasteiger partial charge in [-0.05, 0) is 30.9 Å². The minimum Gasteiger partial charge on any atom is -0.368 e. The summed E-state index contributed by atoms with van der Waals surface area (Å²) in [6.07, 6.45) is 3.45. The molecule has 0 aliphatic heterocycles. The molecule has 0 spiro atoms. The molecule has 10 heteroatoms. The molecule has 6 nitrogen and oxygen atoms in total. The molecule has 2 aromatic rings. The third-order valence-electron chi connectivity index (χ3n) is 3.41. The number of sulfonamides is 1. The average molecular weight is 379 g/mol. The monoisotopic (exact) mass is 378 g/mol. The van der Waals surface area contributed by atoms with Crippen molar-refractivity contribution in [2.45, 2.75) is 30.2 Å². The van der Waals surface area contributed by atoms with Gasteiger partial charge in [-0.25, -0.2) is 23.1 Å². The van der Waals surface area contributed by atoms with E-state index in [9.17, 15) is 8.42 Å². The highest BCUT2D eigenvalue weighted by Gasteiger charge is 2.27. The smallest absolute Gasteiger partial charge is 0.243 e. The molecule has 0 aromatic carbocycles. The molecule has 118 valence electrons. The number of fused-ring (bicyclic) bond motifs is 1. The van der Waals surface area contributed by atoms with Gasteiger partial charge in [0.25, 0.3) is 0 Å². The van der Waals surface area contributed by atoms with Crippen LogP contribution in [0.2, 0.25) is 8.67 Å². The second kappa shape index (κ2) is 5.93. The van der Waals surface area contributed by atoms with Crippen molar-refractivity contribution in [1.29, 1.82) is 0 Å². The van der Waals surface area contributed by atoms with Gasteiger partial charge in [-0.3, -0.25) is 0 Å². The van der Waals surface area contributed by atoms with Crippen molar-refractivity contribution in [2.75, 3.05) is 5.73 Å². The fraction of sp³-hybridized carbons (Fsp3) is 0.333. The molecule has 0 bridgehead atoms. The molecule has 1 atom stereocenters. The summed E-state index contributed by atoms with van der Waals surface area (Å²) in [5, 5.41) is 0. The Morgan fingerprint density at radius 3 is 2.86 bits per heavy atom. The van der Waals surface area contributed by atoms with E-state index in [1.165, 1.54) is 6.07 Å². The summed E-state index contributed by atoms with van der Waals surface area (Å²) in [4.78, 5) is 8.14. The van der Waals surface area contributed by atoms with Crippen LogP contribution in [0.25, 0.3) is 0 Å². The minimum atomic E-state index is -3.70. The number of halogens is 2. The maximum atomic E-state index is 12.4. The van der Waals surface area contributed by atoms with Crippen LogP contribution in [0, 0.1) is 0 Å². The molecule has 0 saturated heterocycles. The van der Waals surface area contributed by atoms with Crippen molar-refractivity contribution in [3.63, 3.8) is 0 Å². The van der Waals surface area contributed by atoms with Gasteiger partial charge in [0.05, 0.1) is 4.34 Å². The molecule has 2 aromatic heterocycles. The van der Waals surface area contributed by atoms with E-state index in [4.69, 9.17) is 28.9 Å². The maximum Gasteiger partial charge on any atom is 0.243 e. The predicted octanol–water partition coefficient (Wildman–Crippen LogP) is 2.26. The van der Waals surface area contributed by atoms with Crippen LogP contribution in [-0.2, 0) is 22.9 Å². The minimum absolute atomic E-state index is 0.0171.